The molecule has 0 atom stereocenters. The Balaban J connectivity index is 1.55. The van der Waals surface area contributed by atoms with Crippen LogP contribution in [0.3, 0.4) is 0 Å². The molecular weight excluding hydrogens is 392 g/mol. The van der Waals surface area contributed by atoms with Crippen molar-refractivity contribution in [1.29, 1.82) is 0 Å². The first-order chi connectivity index (χ1) is 14.1. The fourth-order valence-electron chi connectivity index (χ4n) is 4.03. The second-order valence-electron chi connectivity index (χ2n) is 7.59. The third kappa shape index (κ3) is 4.26. The highest BCUT2D eigenvalue weighted by Gasteiger charge is 2.26. The number of benzene rings is 1. The van der Waals surface area contributed by atoms with Gasteiger partial charge in [0.1, 0.15) is 11.3 Å². The Hall–Kier alpha value is -2.10. The van der Waals surface area contributed by atoms with E-state index >= 15 is 0 Å². The second kappa shape index (κ2) is 8.73. The van der Waals surface area contributed by atoms with Crippen LogP contribution in [0.5, 0.6) is 5.75 Å². The number of thiazole rings is 1. The van der Waals surface area contributed by atoms with Gasteiger partial charge in [-0.05, 0) is 37.8 Å². The molecule has 0 spiro atoms. The zero-order valence-electron chi connectivity index (χ0n) is 16.9. The summed E-state index contributed by atoms with van der Waals surface area (Å²) in [6, 6.07) is 3.96. The van der Waals surface area contributed by atoms with Crippen molar-refractivity contribution in [2.45, 2.75) is 37.8 Å². The molecule has 9 heteroatoms. The van der Waals surface area contributed by atoms with Gasteiger partial charge in [-0.25, -0.2) is 9.78 Å². The molecule has 1 aromatic carbocycles. The summed E-state index contributed by atoms with van der Waals surface area (Å²) >= 11 is 1.47. The first-order valence-corrected chi connectivity index (χ1v) is 10.9. The van der Waals surface area contributed by atoms with Gasteiger partial charge >= 0.3 is 6.03 Å². The molecular formula is C20H28N4O4S. The highest BCUT2D eigenvalue weighted by Crippen LogP contribution is 2.39. The van der Waals surface area contributed by atoms with Crippen LogP contribution in [0.15, 0.2) is 12.1 Å². The second-order valence-corrected chi connectivity index (χ2v) is 8.59. The van der Waals surface area contributed by atoms with Crippen LogP contribution in [0, 0.1) is 0 Å². The lowest BCUT2D eigenvalue weighted by Gasteiger charge is -2.32. The number of rotatable bonds is 4. The number of aromatic nitrogens is 1. The minimum Gasteiger partial charge on any atom is -0.494 e. The monoisotopic (exact) mass is 420 g/mol. The predicted molar refractivity (Wildman–Crippen MR) is 114 cm³/mol. The van der Waals surface area contributed by atoms with E-state index in [1.807, 2.05) is 13.1 Å². The van der Waals surface area contributed by atoms with E-state index < -0.39 is 0 Å². The number of carbonyl (C=O) groups excluding carboxylic acids is 1. The SMILES string of the molecule is COc1ccc(N2CCOCC2)c2sc(NC(=O)N(C)[C@H]3CC[C@H](O)CC3)nc12. The Bertz CT molecular complexity index is 860. The summed E-state index contributed by atoms with van der Waals surface area (Å²) < 4.78 is 12.0. The van der Waals surface area contributed by atoms with Crippen molar-refractivity contribution in [2.24, 2.45) is 0 Å². The van der Waals surface area contributed by atoms with E-state index in [0.29, 0.717) is 24.1 Å². The molecule has 1 saturated carbocycles. The summed E-state index contributed by atoms with van der Waals surface area (Å²) in [5.41, 5.74) is 1.86. The quantitative estimate of drug-likeness (QED) is 0.791. The lowest BCUT2D eigenvalue weighted by molar-refractivity contribution is 0.0943. The van der Waals surface area contributed by atoms with Gasteiger partial charge in [0.05, 0.1) is 36.8 Å². The molecule has 8 nitrogen and oxygen atoms in total. The van der Waals surface area contributed by atoms with E-state index in [4.69, 9.17) is 9.47 Å². The number of hydrogen-bond donors (Lipinski definition) is 2. The van der Waals surface area contributed by atoms with Crippen molar-refractivity contribution < 1.29 is 19.4 Å². The summed E-state index contributed by atoms with van der Waals surface area (Å²) in [6.45, 7) is 3.07. The fourth-order valence-corrected chi connectivity index (χ4v) is 5.05. The average molecular weight is 421 g/mol. The molecule has 0 radical (unpaired) electrons. The number of aliphatic hydroxyl groups excluding tert-OH is 1. The maximum absolute atomic E-state index is 12.8. The van der Waals surface area contributed by atoms with Crippen molar-refractivity contribution in [3.63, 3.8) is 0 Å². The van der Waals surface area contributed by atoms with Crippen LogP contribution in [0.25, 0.3) is 10.2 Å². The third-order valence-electron chi connectivity index (χ3n) is 5.81. The molecule has 2 aromatic rings. The molecule has 2 N–H and O–H groups in total. The lowest BCUT2D eigenvalue weighted by Crippen LogP contribution is -2.42. The lowest BCUT2D eigenvalue weighted by atomic mass is 9.92. The molecule has 1 aliphatic carbocycles. The summed E-state index contributed by atoms with van der Waals surface area (Å²) in [7, 11) is 3.44. The molecule has 2 amide bonds. The molecule has 4 rings (SSSR count). The number of hydrogen-bond acceptors (Lipinski definition) is 7. The first-order valence-electron chi connectivity index (χ1n) is 10.1. The standard InChI is InChI=1S/C20H28N4O4S/c1-23(13-3-5-14(25)6-4-13)20(26)22-19-21-17-16(27-2)8-7-15(18(17)29-19)24-9-11-28-12-10-24/h7-8,13-14,25H,3-6,9-12H2,1-2H3,(H,21,22,26)/t13-,14-. The number of ether oxygens (including phenoxy) is 2. The Morgan fingerprint density at radius 3 is 2.72 bits per heavy atom. The number of morpholine rings is 1. The number of nitrogens with one attached hydrogen (secondary N) is 1. The van der Waals surface area contributed by atoms with Gasteiger partial charge in [0.15, 0.2) is 5.13 Å². The van der Waals surface area contributed by atoms with Crippen LogP contribution in [-0.4, -0.2) is 73.6 Å². The molecule has 2 aliphatic rings. The predicted octanol–water partition coefficient (Wildman–Crippen LogP) is 2.91. The van der Waals surface area contributed by atoms with Gasteiger partial charge in [0, 0.05) is 26.2 Å². The molecule has 0 unspecified atom stereocenters. The zero-order chi connectivity index (χ0) is 20.4. The Labute approximate surface area is 174 Å². The normalized spacial score (nSPS) is 22.5. The van der Waals surface area contributed by atoms with E-state index in [1.165, 1.54) is 11.3 Å². The molecule has 2 heterocycles. The highest BCUT2D eigenvalue weighted by molar-refractivity contribution is 7.23. The molecule has 0 bridgehead atoms. The maximum Gasteiger partial charge on any atom is 0.323 e. The van der Waals surface area contributed by atoms with Crippen LogP contribution < -0.4 is 15.0 Å². The Morgan fingerprint density at radius 1 is 1.31 bits per heavy atom. The smallest absolute Gasteiger partial charge is 0.323 e. The molecule has 158 valence electrons. The number of aliphatic hydroxyl groups is 1. The van der Waals surface area contributed by atoms with E-state index in [2.05, 4.69) is 21.3 Å². The van der Waals surface area contributed by atoms with Gasteiger partial charge in [-0.3, -0.25) is 5.32 Å². The van der Waals surface area contributed by atoms with E-state index in [1.54, 1.807) is 12.0 Å². The van der Waals surface area contributed by atoms with Crippen molar-refractivity contribution in [3.8, 4) is 5.75 Å². The topological polar surface area (TPSA) is 87.2 Å². The summed E-state index contributed by atoms with van der Waals surface area (Å²) in [5, 5.41) is 13.2. The highest BCUT2D eigenvalue weighted by atomic mass is 32.1. The van der Waals surface area contributed by atoms with E-state index in [-0.39, 0.29) is 18.2 Å². The number of carbonyl (C=O) groups is 1. The van der Waals surface area contributed by atoms with Gasteiger partial charge in [0.25, 0.3) is 0 Å². The fraction of sp³-hybridized carbons (Fsp3) is 0.600. The van der Waals surface area contributed by atoms with Gasteiger partial charge < -0.3 is 24.4 Å². The zero-order valence-corrected chi connectivity index (χ0v) is 17.7. The van der Waals surface area contributed by atoms with Crippen LogP contribution in [-0.2, 0) is 4.74 Å². The summed E-state index contributed by atoms with van der Waals surface area (Å²) in [5.74, 6) is 0.698. The Morgan fingerprint density at radius 2 is 2.03 bits per heavy atom. The van der Waals surface area contributed by atoms with Crippen LogP contribution in [0.4, 0.5) is 15.6 Å². The van der Waals surface area contributed by atoms with Gasteiger partial charge in [-0.1, -0.05) is 11.3 Å². The summed E-state index contributed by atoms with van der Waals surface area (Å²) in [6.07, 6.45) is 2.88. The minimum absolute atomic E-state index is 0.145. The number of anilines is 2. The van der Waals surface area contributed by atoms with Crippen molar-refractivity contribution in [2.75, 3.05) is 50.7 Å². The molecule has 1 aromatic heterocycles. The van der Waals surface area contributed by atoms with Crippen molar-refractivity contribution in [3.05, 3.63) is 12.1 Å². The number of methoxy groups -OCH3 is 1. The number of amides is 2. The third-order valence-corrected chi connectivity index (χ3v) is 6.80. The van der Waals surface area contributed by atoms with E-state index in [0.717, 1.165) is 54.7 Å². The number of fused-ring (bicyclic) bond motifs is 1. The van der Waals surface area contributed by atoms with Gasteiger partial charge in [0.2, 0.25) is 0 Å². The summed E-state index contributed by atoms with van der Waals surface area (Å²) in [4.78, 5) is 21.4. The van der Waals surface area contributed by atoms with Crippen LogP contribution >= 0.6 is 11.3 Å². The number of nitrogens with zero attached hydrogens (tertiary/aromatic N) is 3. The molecule has 1 aliphatic heterocycles. The molecule has 2 fully saturated rings. The van der Waals surface area contributed by atoms with Crippen molar-refractivity contribution in [1.82, 2.24) is 9.88 Å². The van der Waals surface area contributed by atoms with Gasteiger partial charge in [-0.15, -0.1) is 0 Å². The molecule has 29 heavy (non-hydrogen) atoms. The van der Waals surface area contributed by atoms with Crippen molar-refractivity contribution >= 4 is 38.4 Å². The first kappa shape index (κ1) is 20.2. The Kier molecular flexibility index (Phi) is 6.07. The molecule has 1 saturated heterocycles. The number of urea groups is 1. The van der Waals surface area contributed by atoms with E-state index in [9.17, 15) is 9.90 Å². The largest absolute Gasteiger partial charge is 0.494 e. The van der Waals surface area contributed by atoms with Gasteiger partial charge in [-0.2, -0.15) is 0 Å². The maximum atomic E-state index is 12.8. The minimum atomic E-state index is -0.238. The van der Waals surface area contributed by atoms with Crippen LogP contribution in [0.1, 0.15) is 25.7 Å². The average Bonchev–Trinajstić information content (AvgIpc) is 3.17. The van der Waals surface area contributed by atoms with Crippen LogP contribution in [0.2, 0.25) is 0 Å².